The minimum Gasteiger partial charge on any atom is -0.438 e. The molecule has 4 N–H and O–H groups in total. The third-order valence-electron chi connectivity index (χ3n) is 3.10. The summed E-state index contributed by atoms with van der Waals surface area (Å²) in [7, 11) is -2.40. The molecule has 1 unspecified atom stereocenters. The van der Waals surface area contributed by atoms with Crippen molar-refractivity contribution in [3.8, 4) is 0 Å². The Bertz CT molecular complexity index is 562. The van der Waals surface area contributed by atoms with Gasteiger partial charge < -0.3 is 15.5 Å². The van der Waals surface area contributed by atoms with Gasteiger partial charge in [0, 0.05) is 12.6 Å². The number of nitrogens with one attached hydrogen (secondary N) is 2. The van der Waals surface area contributed by atoms with Crippen LogP contribution in [0.5, 0.6) is 0 Å². The van der Waals surface area contributed by atoms with E-state index in [1.165, 1.54) is 19.2 Å². The summed E-state index contributed by atoms with van der Waals surface area (Å²) in [6.07, 6.45) is 2.11. The van der Waals surface area contributed by atoms with E-state index in [4.69, 9.17) is 10.2 Å². The average molecular weight is 287 g/mol. The molecule has 1 aromatic heterocycles. The van der Waals surface area contributed by atoms with Crippen molar-refractivity contribution in [2.24, 2.45) is 11.7 Å². The number of amides is 1. The summed E-state index contributed by atoms with van der Waals surface area (Å²) < 4.78 is 30.1. The zero-order chi connectivity index (χ0) is 14.0. The predicted octanol–water partition coefficient (Wildman–Crippen LogP) is -0.345. The van der Waals surface area contributed by atoms with Crippen LogP contribution in [0.3, 0.4) is 0 Å². The molecule has 0 bridgehead atoms. The van der Waals surface area contributed by atoms with Crippen molar-refractivity contribution in [1.29, 1.82) is 0 Å². The molecule has 7 nitrogen and oxygen atoms in total. The molecule has 1 amide bonds. The van der Waals surface area contributed by atoms with Gasteiger partial charge >= 0.3 is 0 Å². The highest BCUT2D eigenvalue weighted by atomic mass is 32.2. The number of rotatable bonds is 6. The second-order valence-electron chi connectivity index (χ2n) is 4.48. The summed E-state index contributed by atoms with van der Waals surface area (Å²) in [6, 6.07) is 2.50. The molecule has 1 aliphatic rings. The molecule has 1 fully saturated rings. The Hall–Kier alpha value is -1.38. The van der Waals surface area contributed by atoms with Gasteiger partial charge in [-0.05, 0) is 37.9 Å². The highest BCUT2D eigenvalue weighted by molar-refractivity contribution is 7.89. The van der Waals surface area contributed by atoms with Gasteiger partial charge in [0.2, 0.25) is 5.09 Å². The lowest BCUT2D eigenvalue weighted by Gasteiger charge is -2.14. The fourth-order valence-electron chi connectivity index (χ4n) is 1.79. The van der Waals surface area contributed by atoms with Gasteiger partial charge in [0.15, 0.2) is 5.76 Å². The van der Waals surface area contributed by atoms with E-state index in [0.717, 1.165) is 12.8 Å². The maximum atomic E-state index is 11.9. The van der Waals surface area contributed by atoms with E-state index in [1.54, 1.807) is 0 Å². The summed E-state index contributed by atoms with van der Waals surface area (Å²) in [5.74, 6) is -0.0581. The van der Waals surface area contributed by atoms with Crippen molar-refractivity contribution >= 4 is 15.9 Å². The summed E-state index contributed by atoms with van der Waals surface area (Å²) in [5.41, 5.74) is 5.58. The lowest BCUT2D eigenvalue weighted by Crippen LogP contribution is -2.41. The number of furan rings is 1. The van der Waals surface area contributed by atoms with Gasteiger partial charge in [-0.2, -0.15) is 0 Å². The highest BCUT2D eigenvalue weighted by Gasteiger charge is 2.32. The van der Waals surface area contributed by atoms with Crippen LogP contribution in [0.25, 0.3) is 0 Å². The van der Waals surface area contributed by atoms with E-state index in [2.05, 4.69) is 10.0 Å². The molecule has 1 aliphatic carbocycles. The zero-order valence-corrected chi connectivity index (χ0v) is 11.4. The van der Waals surface area contributed by atoms with E-state index in [-0.39, 0.29) is 16.9 Å². The summed E-state index contributed by atoms with van der Waals surface area (Å²) in [4.78, 5) is 11.9. The van der Waals surface area contributed by atoms with E-state index < -0.39 is 15.9 Å². The van der Waals surface area contributed by atoms with E-state index in [1.807, 2.05) is 0 Å². The molecule has 0 aliphatic heterocycles. The molecule has 0 aromatic carbocycles. The maximum absolute atomic E-state index is 11.9. The Kier molecular flexibility index (Phi) is 3.93. The standard InChI is InChI=1S/C11H17N3O4S/c1-13-19(16,17)10-5-4-9(18-10)11(15)14-8(6-12)7-2-3-7/h4-5,7-8,13H,2-3,6,12H2,1H3,(H,14,15). The molecule has 1 heterocycles. The second-order valence-corrected chi connectivity index (χ2v) is 6.30. The molecule has 1 atom stereocenters. The molecule has 0 spiro atoms. The second kappa shape index (κ2) is 5.32. The van der Waals surface area contributed by atoms with Crippen molar-refractivity contribution < 1.29 is 17.6 Å². The fourth-order valence-corrected chi connectivity index (χ4v) is 2.44. The molecular weight excluding hydrogens is 270 g/mol. The lowest BCUT2D eigenvalue weighted by atomic mass is 10.2. The smallest absolute Gasteiger partial charge is 0.287 e. The first-order valence-electron chi connectivity index (χ1n) is 6.02. The molecule has 106 valence electrons. The fraction of sp³-hybridized carbons (Fsp3) is 0.545. The minimum atomic E-state index is -3.67. The Labute approximate surface area is 111 Å². The first-order valence-corrected chi connectivity index (χ1v) is 7.50. The van der Waals surface area contributed by atoms with Crippen molar-refractivity contribution in [2.45, 2.75) is 24.0 Å². The topological polar surface area (TPSA) is 114 Å². The van der Waals surface area contributed by atoms with Gasteiger partial charge in [-0.1, -0.05) is 0 Å². The largest absolute Gasteiger partial charge is 0.438 e. The van der Waals surface area contributed by atoms with Gasteiger partial charge in [-0.15, -0.1) is 0 Å². The molecule has 19 heavy (non-hydrogen) atoms. The van der Waals surface area contributed by atoms with Gasteiger partial charge in [0.05, 0.1) is 0 Å². The monoisotopic (exact) mass is 287 g/mol. The van der Waals surface area contributed by atoms with Crippen LogP contribution in [0, 0.1) is 5.92 Å². The van der Waals surface area contributed by atoms with Crippen molar-refractivity contribution in [1.82, 2.24) is 10.0 Å². The third kappa shape index (κ3) is 3.14. The first kappa shape index (κ1) is 14.0. The van der Waals surface area contributed by atoms with Crippen molar-refractivity contribution in [3.05, 3.63) is 17.9 Å². The Morgan fingerprint density at radius 2 is 2.21 bits per heavy atom. The first-order chi connectivity index (χ1) is 8.97. The highest BCUT2D eigenvalue weighted by Crippen LogP contribution is 2.32. The summed E-state index contributed by atoms with van der Waals surface area (Å²) in [5, 5.41) is 2.47. The molecule has 1 aromatic rings. The molecular formula is C11H17N3O4S. The van der Waals surface area contributed by atoms with Gasteiger partial charge in [0.1, 0.15) is 0 Å². The number of nitrogens with two attached hydrogens (primary N) is 1. The van der Waals surface area contributed by atoms with Gasteiger partial charge in [-0.3, -0.25) is 4.79 Å². The van der Waals surface area contributed by atoms with Crippen LogP contribution in [-0.4, -0.2) is 34.0 Å². The molecule has 0 radical (unpaired) electrons. The number of hydrogen-bond donors (Lipinski definition) is 3. The van der Waals surface area contributed by atoms with E-state index in [0.29, 0.717) is 12.5 Å². The van der Waals surface area contributed by atoms with Crippen LogP contribution < -0.4 is 15.8 Å². The van der Waals surface area contributed by atoms with E-state index >= 15 is 0 Å². The van der Waals surface area contributed by atoms with Crippen molar-refractivity contribution in [2.75, 3.05) is 13.6 Å². The normalized spacial score (nSPS) is 17.2. The van der Waals surface area contributed by atoms with Crippen LogP contribution in [0.15, 0.2) is 21.6 Å². The van der Waals surface area contributed by atoms with Crippen LogP contribution in [0.2, 0.25) is 0 Å². The lowest BCUT2D eigenvalue weighted by molar-refractivity contribution is 0.0900. The number of hydrogen-bond acceptors (Lipinski definition) is 5. The zero-order valence-electron chi connectivity index (χ0n) is 10.5. The van der Waals surface area contributed by atoms with Crippen LogP contribution >= 0.6 is 0 Å². The molecule has 8 heteroatoms. The quantitative estimate of drug-likeness (QED) is 0.662. The van der Waals surface area contributed by atoms with Crippen LogP contribution in [0.4, 0.5) is 0 Å². The summed E-state index contributed by atoms with van der Waals surface area (Å²) in [6.45, 7) is 0.360. The SMILES string of the molecule is CNS(=O)(=O)c1ccc(C(=O)NC(CN)C2CC2)o1. The Morgan fingerprint density at radius 1 is 1.53 bits per heavy atom. The number of carbonyl (C=O) groups is 1. The number of sulfonamides is 1. The molecule has 2 rings (SSSR count). The number of carbonyl (C=O) groups excluding carboxylic acids is 1. The third-order valence-corrected chi connectivity index (χ3v) is 4.39. The summed E-state index contributed by atoms with van der Waals surface area (Å²) >= 11 is 0. The van der Waals surface area contributed by atoms with Gasteiger partial charge in [-0.25, -0.2) is 13.1 Å². The van der Waals surface area contributed by atoms with Crippen molar-refractivity contribution in [3.63, 3.8) is 0 Å². The van der Waals surface area contributed by atoms with Crippen LogP contribution in [0.1, 0.15) is 23.4 Å². The van der Waals surface area contributed by atoms with Gasteiger partial charge in [0.25, 0.3) is 15.9 Å². The van der Waals surface area contributed by atoms with E-state index in [9.17, 15) is 13.2 Å². The molecule has 0 saturated heterocycles. The maximum Gasteiger partial charge on any atom is 0.287 e. The Balaban J connectivity index is 2.07. The minimum absolute atomic E-state index is 0.0343. The van der Waals surface area contributed by atoms with Crippen LogP contribution in [-0.2, 0) is 10.0 Å². The Morgan fingerprint density at radius 3 is 2.74 bits per heavy atom. The predicted molar refractivity (Wildman–Crippen MR) is 68.0 cm³/mol. The average Bonchev–Trinajstić information content (AvgIpc) is 3.10. The molecule has 1 saturated carbocycles.